The van der Waals surface area contributed by atoms with Crippen LogP contribution in [0.1, 0.15) is 37.9 Å². The zero-order valence-corrected chi connectivity index (χ0v) is 13.0. The molecule has 0 bridgehead atoms. The average Bonchev–Trinajstić information content (AvgIpc) is 2.38. The molecule has 1 aromatic rings. The van der Waals surface area contributed by atoms with E-state index in [2.05, 4.69) is 35.5 Å². The van der Waals surface area contributed by atoms with Gasteiger partial charge in [-0.3, -0.25) is 0 Å². The summed E-state index contributed by atoms with van der Waals surface area (Å²) in [6.45, 7) is 10.1. The van der Waals surface area contributed by atoms with Crippen LogP contribution < -0.4 is 0 Å². The van der Waals surface area contributed by atoms with Gasteiger partial charge >= 0.3 is 0 Å². The van der Waals surface area contributed by atoms with E-state index in [0.29, 0.717) is 13.2 Å². The molecule has 0 aromatic heterocycles. The van der Waals surface area contributed by atoms with Crippen LogP contribution in [-0.4, -0.2) is 33.0 Å². The van der Waals surface area contributed by atoms with Crippen molar-refractivity contribution in [1.29, 1.82) is 0 Å². The van der Waals surface area contributed by atoms with Crippen molar-refractivity contribution in [3.8, 4) is 0 Å². The van der Waals surface area contributed by atoms with Gasteiger partial charge in [0, 0.05) is 6.54 Å². The maximum atomic E-state index is 12.7. The van der Waals surface area contributed by atoms with E-state index in [0.717, 1.165) is 6.54 Å². The number of hydrogen-bond acceptors (Lipinski definition) is 2. The number of ether oxygens (including phenoxy) is 1. The largest absolute Gasteiger partial charge is 0.378 e. The minimum Gasteiger partial charge on any atom is -0.378 e. The van der Waals surface area contributed by atoms with E-state index in [-0.39, 0.29) is 10.8 Å². The van der Waals surface area contributed by atoms with Gasteiger partial charge in [0.05, 0.1) is 24.0 Å². The van der Waals surface area contributed by atoms with Crippen LogP contribution in [0.15, 0.2) is 24.3 Å². The third-order valence-electron chi connectivity index (χ3n) is 3.28. The molecule has 19 heavy (non-hydrogen) atoms. The summed E-state index contributed by atoms with van der Waals surface area (Å²) < 4.78 is 20.1. The molecular formula is C15H23NO2S. The monoisotopic (exact) mass is 281 g/mol. The van der Waals surface area contributed by atoms with Crippen molar-refractivity contribution in [2.75, 3.05) is 19.8 Å². The fraction of sp³-hybridized carbons (Fsp3) is 0.600. The molecule has 1 aromatic carbocycles. The molecule has 1 heterocycles. The molecule has 1 aliphatic heterocycles. The Hall–Kier alpha value is -0.710. The Balaban J connectivity index is 2.26. The molecule has 106 valence electrons. The van der Waals surface area contributed by atoms with Gasteiger partial charge in [-0.2, -0.15) is 0 Å². The first-order valence-electron chi connectivity index (χ1n) is 6.72. The van der Waals surface area contributed by atoms with Crippen LogP contribution in [0.5, 0.6) is 0 Å². The third kappa shape index (κ3) is 3.44. The van der Waals surface area contributed by atoms with Gasteiger partial charge in [-0.05, 0) is 33.3 Å². The Morgan fingerprint density at radius 1 is 1.26 bits per heavy atom. The molecule has 0 aliphatic carbocycles. The van der Waals surface area contributed by atoms with Crippen molar-refractivity contribution in [1.82, 2.24) is 4.31 Å². The minimum atomic E-state index is -1.01. The second kappa shape index (κ2) is 5.73. The molecule has 0 N–H and O–H groups in total. The van der Waals surface area contributed by atoms with E-state index < -0.39 is 11.0 Å². The van der Waals surface area contributed by atoms with Crippen LogP contribution in [0.2, 0.25) is 0 Å². The smallest absolute Gasteiger partial charge is 0.100 e. The molecule has 0 unspecified atom stereocenters. The summed E-state index contributed by atoms with van der Waals surface area (Å²) in [6.07, 6.45) is 0. The molecule has 2 atom stereocenters. The quantitative estimate of drug-likeness (QED) is 0.834. The van der Waals surface area contributed by atoms with Gasteiger partial charge in [0.25, 0.3) is 0 Å². The van der Waals surface area contributed by atoms with Crippen molar-refractivity contribution >= 4 is 11.0 Å². The highest BCUT2D eigenvalue weighted by atomic mass is 32.2. The van der Waals surface area contributed by atoms with E-state index in [1.54, 1.807) is 0 Å². The molecule has 0 saturated carbocycles. The van der Waals surface area contributed by atoms with Gasteiger partial charge in [-0.1, -0.05) is 29.8 Å². The zero-order valence-electron chi connectivity index (χ0n) is 12.2. The highest BCUT2D eigenvalue weighted by Crippen LogP contribution is 2.29. The number of morpholine rings is 1. The van der Waals surface area contributed by atoms with Gasteiger partial charge < -0.3 is 4.74 Å². The Kier molecular flexibility index (Phi) is 4.43. The maximum absolute atomic E-state index is 12.7. The van der Waals surface area contributed by atoms with E-state index in [9.17, 15) is 4.21 Å². The van der Waals surface area contributed by atoms with Gasteiger partial charge in [-0.25, -0.2) is 8.51 Å². The normalized spacial score (nSPS) is 23.3. The maximum Gasteiger partial charge on any atom is 0.100 e. The molecule has 0 spiro atoms. The van der Waals surface area contributed by atoms with Crippen LogP contribution in [0.3, 0.4) is 0 Å². The van der Waals surface area contributed by atoms with Crippen molar-refractivity contribution in [3.63, 3.8) is 0 Å². The first kappa shape index (κ1) is 14.7. The van der Waals surface area contributed by atoms with Gasteiger partial charge in [0.2, 0.25) is 0 Å². The predicted octanol–water partition coefficient (Wildman–Crippen LogP) is 2.83. The van der Waals surface area contributed by atoms with Crippen molar-refractivity contribution in [3.05, 3.63) is 35.4 Å². The summed E-state index contributed by atoms with van der Waals surface area (Å²) >= 11 is 0. The van der Waals surface area contributed by atoms with E-state index >= 15 is 0 Å². The van der Waals surface area contributed by atoms with Crippen molar-refractivity contribution in [2.45, 2.75) is 38.5 Å². The lowest BCUT2D eigenvalue weighted by molar-refractivity contribution is 0.0337. The first-order chi connectivity index (χ1) is 8.89. The van der Waals surface area contributed by atoms with Crippen LogP contribution in [-0.2, 0) is 15.7 Å². The lowest BCUT2D eigenvalue weighted by atomic mass is 10.1. The first-order valence-corrected chi connectivity index (χ1v) is 7.83. The number of hydrogen-bond donors (Lipinski definition) is 0. The summed E-state index contributed by atoms with van der Waals surface area (Å²) in [5.41, 5.74) is 2.42. The lowest BCUT2D eigenvalue weighted by Gasteiger charge is -2.38. The number of rotatable bonds is 2. The van der Waals surface area contributed by atoms with Crippen molar-refractivity contribution in [2.24, 2.45) is 0 Å². The predicted molar refractivity (Wildman–Crippen MR) is 79.3 cm³/mol. The molecule has 1 saturated heterocycles. The SMILES string of the molecule is Cc1ccc([C@@H]2COCCN2[S@](=O)C(C)(C)C)cc1. The second-order valence-corrected chi connectivity index (χ2v) is 8.20. The minimum absolute atomic E-state index is 0.0920. The van der Waals surface area contributed by atoms with Crippen LogP contribution in [0.4, 0.5) is 0 Å². The number of nitrogens with zero attached hydrogens (tertiary/aromatic N) is 1. The highest BCUT2D eigenvalue weighted by Gasteiger charge is 2.34. The number of aryl methyl sites for hydroxylation is 1. The Labute approximate surface area is 118 Å². The van der Waals surface area contributed by atoms with Crippen LogP contribution in [0, 0.1) is 6.92 Å². The molecule has 1 aliphatic rings. The Morgan fingerprint density at radius 2 is 1.89 bits per heavy atom. The van der Waals surface area contributed by atoms with Gasteiger partial charge in [0.15, 0.2) is 0 Å². The lowest BCUT2D eigenvalue weighted by Crippen LogP contribution is -2.46. The number of benzene rings is 1. The van der Waals surface area contributed by atoms with E-state index in [1.165, 1.54) is 11.1 Å². The van der Waals surface area contributed by atoms with Gasteiger partial charge in [0.1, 0.15) is 11.0 Å². The summed E-state index contributed by atoms with van der Waals surface area (Å²) in [5, 5.41) is 0. The standard InChI is InChI=1S/C15H23NO2S/c1-12-5-7-13(8-6-12)14-11-18-10-9-16(14)19(17)15(2,3)4/h5-8,14H,9-11H2,1-4H3/t14-,19+/m0/s1. The molecule has 2 rings (SSSR count). The summed E-state index contributed by atoms with van der Waals surface area (Å²) in [5.74, 6) is 0. The second-order valence-electron chi connectivity index (χ2n) is 6.00. The molecule has 4 heteroatoms. The van der Waals surface area contributed by atoms with E-state index in [1.807, 2.05) is 20.8 Å². The third-order valence-corrected chi connectivity index (χ3v) is 5.19. The fourth-order valence-electron chi connectivity index (χ4n) is 2.19. The topological polar surface area (TPSA) is 29.5 Å². The molecular weight excluding hydrogens is 258 g/mol. The van der Waals surface area contributed by atoms with Gasteiger partial charge in [-0.15, -0.1) is 0 Å². The fourth-order valence-corrected chi connectivity index (χ4v) is 3.55. The van der Waals surface area contributed by atoms with Crippen molar-refractivity contribution < 1.29 is 8.95 Å². The van der Waals surface area contributed by atoms with E-state index in [4.69, 9.17) is 4.74 Å². The zero-order chi connectivity index (χ0) is 14.0. The summed E-state index contributed by atoms with van der Waals surface area (Å²) in [4.78, 5) is 0. The van der Waals surface area contributed by atoms with Crippen LogP contribution in [0.25, 0.3) is 0 Å². The Morgan fingerprint density at radius 3 is 2.47 bits per heavy atom. The molecule has 3 nitrogen and oxygen atoms in total. The van der Waals surface area contributed by atoms with Crippen LogP contribution >= 0.6 is 0 Å². The molecule has 0 amide bonds. The molecule has 0 radical (unpaired) electrons. The highest BCUT2D eigenvalue weighted by molar-refractivity contribution is 7.84. The summed E-state index contributed by atoms with van der Waals surface area (Å²) in [7, 11) is -1.01. The molecule has 1 fully saturated rings. The average molecular weight is 281 g/mol. The summed E-state index contributed by atoms with van der Waals surface area (Å²) in [6, 6.07) is 8.52. The Bertz CT molecular complexity index is 450.